The number of fused-ring (bicyclic) bond motifs is 3. The second-order valence-corrected chi connectivity index (χ2v) is 8.55. The van der Waals surface area contributed by atoms with Gasteiger partial charge in [0.05, 0.1) is 18.7 Å². The van der Waals surface area contributed by atoms with Gasteiger partial charge in [-0.25, -0.2) is 20.1 Å². The number of thiazole rings is 1. The maximum atomic E-state index is 12.4. The molecule has 10 nitrogen and oxygen atoms in total. The average Bonchev–Trinajstić information content (AvgIpc) is 3.42. The summed E-state index contributed by atoms with van der Waals surface area (Å²) in [6, 6.07) is 16.1. The maximum absolute atomic E-state index is 12.4. The van der Waals surface area contributed by atoms with E-state index in [-0.39, 0.29) is 30.7 Å². The first-order valence-electron chi connectivity index (χ1n) is 10.7. The van der Waals surface area contributed by atoms with Crippen molar-refractivity contribution in [1.82, 2.24) is 10.5 Å². The lowest BCUT2D eigenvalue weighted by Gasteiger charge is -2.14. The van der Waals surface area contributed by atoms with E-state index in [9.17, 15) is 14.4 Å². The van der Waals surface area contributed by atoms with Crippen LogP contribution in [-0.2, 0) is 30.3 Å². The molecule has 0 saturated heterocycles. The van der Waals surface area contributed by atoms with E-state index in [0.717, 1.165) is 33.6 Å². The minimum Gasteiger partial charge on any atom is -0.479 e. The van der Waals surface area contributed by atoms with Gasteiger partial charge in [0.1, 0.15) is 6.61 Å². The first-order chi connectivity index (χ1) is 17.0. The highest BCUT2D eigenvalue weighted by atomic mass is 32.1. The number of hydrogen-bond acceptors (Lipinski definition) is 8. The highest BCUT2D eigenvalue weighted by Gasteiger charge is 2.29. The number of aromatic nitrogens is 1. The molecule has 1 atom stereocenters. The number of hydrogen-bond donors (Lipinski definition) is 3. The molecule has 0 bridgehead atoms. The summed E-state index contributed by atoms with van der Waals surface area (Å²) in [5.41, 5.74) is 6.95. The lowest BCUT2D eigenvalue weighted by molar-refractivity contribution is -0.164. The van der Waals surface area contributed by atoms with Crippen molar-refractivity contribution in [1.29, 1.82) is 0 Å². The summed E-state index contributed by atoms with van der Waals surface area (Å²) in [6.45, 7) is -0.0510. The number of rotatable bonds is 10. The summed E-state index contributed by atoms with van der Waals surface area (Å²) < 4.78 is 10.2. The maximum Gasteiger partial charge on any atom is 0.413 e. The number of benzene rings is 2. The lowest BCUT2D eigenvalue weighted by Crippen LogP contribution is -2.37. The SMILES string of the molecule is COCC(ONC(=O)Cc1csc(NC(=O)OCC2c3ccccc3-c3ccccc32)n1)C(=O)O. The fourth-order valence-corrected chi connectivity index (χ4v) is 4.51. The molecule has 3 N–H and O–H groups in total. The molecule has 1 heterocycles. The number of nitrogens with one attached hydrogen (secondary N) is 2. The van der Waals surface area contributed by atoms with Crippen LogP contribution in [0.1, 0.15) is 22.7 Å². The Labute approximate surface area is 204 Å². The molecule has 11 heteroatoms. The monoisotopic (exact) mass is 497 g/mol. The number of aliphatic carboxylic acids is 1. The highest BCUT2D eigenvalue weighted by molar-refractivity contribution is 7.13. The van der Waals surface area contributed by atoms with Crippen LogP contribution in [0.15, 0.2) is 53.9 Å². The molecule has 182 valence electrons. The first kappa shape index (κ1) is 24.3. The highest BCUT2D eigenvalue weighted by Crippen LogP contribution is 2.44. The van der Waals surface area contributed by atoms with E-state index in [1.165, 1.54) is 7.11 Å². The number of anilines is 1. The molecule has 2 aromatic carbocycles. The molecule has 35 heavy (non-hydrogen) atoms. The molecule has 4 rings (SSSR count). The number of carbonyl (C=O) groups is 3. The van der Waals surface area contributed by atoms with E-state index in [1.807, 2.05) is 36.4 Å². The van der Waals surface area contributed by atoms with E-state index < -0.39 is 24.1 Å². The van der Waals surface area contributed by atoms with Crippen LogP contribution in [0.5, 0.6) is 0 Å². The van der Waals surface area contributed by atoms with Crippen molar-refractivity contribution in [3.63, 3.8) is 0 Å². The smallest absolute Gasteiger partial charge is 0.413 e. The third kappa shape index (κ3) is 5.83. The van der Waals surface area contributed by atoms with Crippen molar-refractivity contribution in [3.05, 3.63) is 70.7 Å². The van der Waals surface area contributed by atoms with Gasteiger partial charge in [-0.15, -0.1) is 11.3 Å². The van der Waals surface area contributed by atoms with Crippen molar-refractivity contribution < 1.29 is 33.8 Å². The summed E-state index contributed by atoms with van der Waals surface area (Å²) in [5, 5.41) is 13.4. The third-order valence-electron chi connectivity index (χ3n) is 5.35. The van der Waals surface area contributed by atoms with Gasteiger partial charge >= 0.3 is 12.1 Å². The molecule has 0 radical (unpaired) electrons. The summed E-state index contributed by atoms with van der Waals surface area (Å²) in [5.74, 6) is -1.92. The predicted molar refractivity (Wildman–Crippen MR) is 127 cm³/mol. The Kier molecular flexibility index (Phi) is 7.70. The van der Waals surface area contributed by atoms with Gasteiger partial charge in [-0.3, -0.25) is 14.9 Å². The van der Waals surface area contributed by atoms with E-state index in [4.69, 9.17) is 19.4 Å². The van der Waals surface area contributed by atoms with Crippen LogP contribution >= 0.6 is 11.3 Å². The Morgan fingerprint density at radius 1 is 1.09 bits per heavy atom. The topological polar surface area (TPSA) is 136 Å². The van der Waals surface area contributed by atoms with Gasteiger partial charge < -0.3 is 14.6 Å². The van der Waals surface area contributed by atoms with Crippen LogP contribution in [0.4, 0.5) is 9.93 Å². The van der Waals surface area contributed by atoms with Crippen LogP contribution in [0.25, 0.3) is 11.1 Å². The van der Waals surface area contributed by atoms with Gasteiger partial charge in [-0.1, -0.05) is 48.5 Å². The molecule has 1 aromatic heterocycles. The van der Waals surface area contributed by atoms with E-state index >= 15 is 0 Å². The number of amides is 2. The average molecular weight is 498 g/mol. The quantitative estimate of drug-likeness (QED) is 0.363. The molecule has 1 aliphatic rings. The zero-order chi connectivity index (χ0) is 24.8. The predicted octanol–water partition coefficient (Wildman–Crippen LogP) is 3.19. The molecule has 0 saturated carbocycles. The minimum absolute atomic E-state index is 0.0589. The van der Waals surface area contributed by atoms with Gasteiger partial charge in [0, 0.05) is 18.4 Å². The van der Waals surface area contributed by atoms with Crippen LogP contribution in [0.3, 0.4) is 0 Å². The molecule has 1 aliphatic carbocycles. The Hall–Kier alpha value is -3.80. The molecule has 0 aliphatic heterocycles. The summed E-state index contributed by atoms with van der Waals surface area (Å²) in [6.07, 6.45) is -2.14. The summed E-state index contributed by atoms with van der Waals surface area (Å²) in [7, 11) is 1.32. The number of methoxy groups -OCH3 is 1. The third-order valence-corrected chi connectivity index (χ3v) is 6.16. The van der Waals surface area contributed by atoms with Crippen molar-refractivity contribution in [2.75, 3.05) is 25.6 Å². The largest absolute Gasteiger partial charge is 0.479 e. The van der Waals surface area contributed by atoms with Crippen LogP contribution in [0, 0.1) is 0 Å². The fourth-order valence-electron chi connectivity index (χ4n) is 3.81. The molecule has 0 fully saturated rings. The Morgan fingerprint density at radius 2 is 1.74 bits per heavy atom. The first-order valence-corrected chi connectivity index (χ1v) is 11.6. The van der Waals surface area contributed by atoms with Crippen molar-refractivity contribution in [2.24, 2.45) is 0 Å². The second-order valence-electron chi connectivity index (χ2n) is 7.70. The summed E-state index contributed by atoms with van der Waals surface area (Å²) in [4.78, 5) is 44.4. The lowest BCUT2D eigenvalue weighted by atomic mass is 9.98. The molecular weight excluding hydrogens is 474 g/mol. The Bertz CT molecular complexity index is 1180. The Balaban J connectivity index is 1.28. The molecule has 2 amide bonds. The molecular formula is C24H23N3O7S. The second kappa shape index (κ2) is 11.1. The van der Waals surface area contributed by atoms with Crippen molar-refractivity contribution >= 4 is 34.4 Å². The normalized spacial score (nSPS) is 12.9. The van der Waals surface area contributed by atoms with Crippen LogP contribution in [-0.4, -0.2) is 54.5 Å². The van der Waals surface area contributed by atoms with Crippen molar-refractivity contribution in [3.8, 4) is 11.1 Å². The zero-order valence-corrected chi connectivity index (χ0v) is 19.5. The number of carboxylic acid groups (broad SMARTS) is 1. The van der Waals surface area contributed by atoms with E-state index in [1.54, 1.807) is 5.38 Å². The Morgan fingerprint density at radius 3 is 2.37 bits per heavy atom. The van der Waals surface area contributed by atoms with Gasteiger partial charge in [0.2, 0.25) is 12.0 Å². The summed E-state index contributed by atoms with van der Waals surface area (Å²) >= 11 is 1.13. The number of carbonyl (C=O) groups excluding carboxylic acids is 2. The number of ether oxygens (including phenoxy) is 2. The number of hydroxylamine groups is 1. The van der Waals surface area contributed by atoms with Crippen molar-refractivity contribution in [2.45, 2.75) is 18.4 Å². The van der Waals surface area contributed by atoms with Gasteiger partial charge in [-0.2, -0.15) is 0 Å². The number of carboxylic acids is 1. The number of nitrogens with zero attached hydrogens (tertiary/aromatic N) is 1. The van der Waals surface area contributed by atoms with E-state index in [2.05, 4.69) is 27.9 Å². The van der Waals surface area contributed by atoms with Crippen LogP contribution in [0.2, 0.25) is 0 Å². The van der Waals surface area contributed by atoms with Gasteiger partial charge in [0.15, 0.2) is 5.13 Å². The minimum atomic E-state index is -1.33. The molecule has 1 unspecified atom stereocenters. The standard InChI is InChI=1S/C24H23N3O7S/c1-32-12-20(22(29)30)34-27-21(28)10-14-13-35-23(25-14)26-24(31)33-11-19-17-8-4-2-6-15(17)16-7-3-5-9-18(16)19/h2-9,13,19-20H,10-12H2,1H3,(H,27,28)(H,29,30)(H,25,26,31). The van der Waals surface area contributed by atoms with E-state index in [0.29, 0.717) is 5.69 Å². The molecule has 0 spiro atoms. The van der Waals surface area contributed by atoms with Gasteiger partial charge in [0.25, 0.3) is 0 Å². The zero-order valence-electron chi connectivity index (χ0n) is 18.7. The molecule has 3 aromatic rings. The van der Waals surface area contributed by atoms with Crippen LogP contribution < -0.4 is 10.8 Å². The van der Waals surface area contributed by atoms with Gasteiger partial charge in [-0.05, 0) is 22.3 Å². The fraction of sp³-hybridized carbons (Fsp3) is 0.250.